The highest BCUT2D eigenvalue weighted by molar-refractivity contribution is 9.10. The van der Waals surface area contributed by atoms with E-state index in [0.29, 0.717) is 22.1 Å². The first kappa shape index (κ1) is 12.9. The average Bonchev–Trinajstić information content (AvgIpc) is 2.35. The number of nitrogens with zero attached hydrogens (tertiary/aromatic N) is 1. The van der Waals surface area contributed by atoms with Gasteiger partial charge in [-0.1, -0.05) is 11.6 Å². The van der Waals surface area contributed by atoms with Gasteiger partial charge < -0.3 is 11.1 Å². The molecule has 4 nitrogen and oxygen atoms in total. The summed E-state index contributed by atoms with van der Waals surface area (Å²) in [5.41, 5.74) is 6.42. The molecule has 0 saturated carbocycles. The van der Waals surface area contributed by atoms with Gasteiger partial charge in [-0.05, 0) is 46.3 Å². The maximum Gasteiger partial charge on any atom is 0.258 e. The van der Waals surface area contributed by atoms with E-state index in [-0.39, 0.29) is 5.91 Å². The molecule has 3 N–H and O–H groups in total. The zero-order valence-corrected chi connectivity index (χ0v) is 11.5. The van der Waals surface area contributed by atoms with Crippen molar-refractivity contribution in [3.05, 3.63) is 51.6 Å². The van der Waals surface area contributed by atoms with Crippen LogP contribution in [0.4, 0.5) is 11.5 Å². The summed E-state index contributed by atoms with van der Waals surface area (Å²) in [5.74, 6) is 0.104. The van der Waals surface area contributed by atoms with Gasteiger partial charge >= 0.3 is 0 Å². The summed E-state index contributed by atoms with van der Waals surface area (Å²) >= 11 is 9.09. The van der Waals surface area contributed by atoms with Crippen molar-refractivity contribution >= 4 is 44.9 Å². The molecule has 0 bridgehead atoms. The van der Waals surface area contributed by atoms with Crippen LogP contribution in [-0.2, 0) is 0 Å². The molecule has 18 heavy (non-hydrogen) atoms. The Morgan fingerprint density at radius 1 is 1.33 bits per heavy atom. The van der Waals surface area contributed by atoms with E-state index in [1.54, 1.807) is 30.5 Å². The van der Waals surface area contributed by atoms with Crippen LogP contribution < -0.4 is 11.1 Å². The third-order valence-electron chi connectivity index (χ3n) is 2.23. The Hall–Kier alpha value is -1.59. The zero-order valence-electron chi connectivity index (χ0n) is 9.15. The number of carbonyl (C=O) groups excluding carboxylic acids is 1. The number of nitrogens with one attached hydrogen (secondary N) is 1. The van der Waals surface area contributed by atoms with E-state index in [0.717, 1.165) is 4.47 Å². The number of hydrogen-bond acceptors (Lipinski definition) is 3. The minimum Gasteiger partial charge on any atom is -0.398 e. The summed E-state index contributed by atoms with van der Waals surface area (Å²) in [5, 5.41) is 3.10. The number of pyridine rings is 1. The van der Waals surface area contributed by atoms with Crippen LogP contribution in [0.15, 0.2) is 41.0 Å². The summed E-state index contributed by atoms with van der Waals surface area (Å²) in [7, 11) is 0. The number of nitrogens with two attached hydrogens (primary N) is 1. The van der Waals surface area contributed by atoms with Gasteiger partial charge in [-0.3, -0.25) is 4.79 Å². The molecule has 0 atom stereocenters. The van der Waals surface area contributed by atoms with Crippen LogP contribution in [0.5, 0.6) is 0 Å². The van der Waals surface area contributed by atoms with E-state index in [4.69, 9.17) is 17.3 Å². The SMILES string of the molecule is Nc1ccc(Cl)cc1C(=O)Nc1ccc(Br)cn1. The van der Waals surface area contributed by atoms with Crippen molar-refractivity contribution in [1.82, 2.24) is 4.98 Å². The number of amides is 1. The standard InChI is InChI=1S/C12H9BrClN3O/c13-7-1-4-11(16-6-7)17-12(18)9-5-8(14)2-3-10(9)15/h1-6H,15H2,(H,16,17,18). The van der Waals surface area contributed by atoms with Crippen molar-refractivity contribution in [3.63, 3.8) is 0 Å². The van der Waals surface area contributed by atoms with Gasteiger partial charge in [0, 0.05) is 21.4 Å². The molecular weight excluding hydrogens is 318 g/mol. The Bertz CT molecular complexity index is 586. The maximum atomic E-state index is 12.0. The molecule has 1 aromatic heterocycles. The highest BCUT2D eigenvalue weighted by Gasteiger charge is 2.11. The Kier molecular flexibility index (Phi) is 3.84. The monoisotopic (exact) mass is 325 g/mol. The number of rotatable bonds is 2. The molecule has 0 aliphatic rings. The highest BCUT2D eigenvalue weighted by atomic mass is 79.9. The predicted octanol–water partition coefficient (Wildman–Crippen LogP) is 3.33. The molecule has 0 aliphatic heterocycles. The smallest absolute Gasteiger partial charge is 0.258 e. The van der Waals surface area contributed by atoms with Gasteiger partial charge in [0.2, 0.25) is 0 Å². The van der Waals surface area contributed by atoms with Crippen molar-refractivity contribution in [3.8, 4) is 0 Å². The predicted molar refractivity (Wildman–Crippen MR) is 75.8 cm³/mol. The van der Waals surface area contributed by atoms with Crippen molar-refractivity contribution in [2.24, 2.45) is 0 Å². The fourth-order valence-electron chi connectivity index (χ4n) is 1.36. The molecule has 1 heterocycles. The molecule has 6 heteroatoms. The van der Waals surface area contributed by atoms with Crippen molar-refractivity contribution in [2.75, 3.05) is 11.1 Å². The van der Waals surface area contributed by atoms with Gasteiger partial charge in [-0.25, -0.2) is 4.98 Å². The fourth-order valence-corrected chi connectivity index (χ4v) is 1.77. The van der Waals surface area contributed by atoms with Gasteiger partial charge in [0.25, 0.3) is 5.91 Å². The lowest BCUT2D eigenvalue weighted by Crippen LogP contribution is -2.14. The summed E-state index contributed by atoms with van der Waals surface area (Å²) in [6.07, 6.45) is 1.59. The van der Waals surface area contributed by atoms with Crippen LogP contribution in [-0.4, -0.2) is 10.9 Å². The Morgan fingerprint density at radius 2 is 2.11 bits per heavy atom. The van der Waals surface area contributed by atoms with Crippen molar-refractivity contribution < 1.29 is 4.79 Å². The summed E-state index contributed by atoms with van der Waals surface area (Å²) in [6, 6.07) is 8.20. The second-order valence-electron chi connectivity index (χ2n) is 3.55. The zero-order chi connectivity index (χ0) is 13.1. The van der Waals surface area contributed by atoms with Gasteiger partial charge in [0.05, 0.1) is 5.56 Å². The number of benzene rings is 1. The minimum atomic E-state index is -0.343. The van der Waals surface area contributed by atoms with E-state index in [9.17, 15) is 4.79 Å². The lowest BCUT2D eigenvalue weighted by atomic mass is 10.1. The molecule has 0 fully saturated rings. The van der Waals surface area contributed by atoms with Crippen LogP contribution in [0, 0.1) is 0 Å². The van der Waals surface area contributed by atoms with Gasteiger partial charge in [0.1, 0.15) is 5.82 Å². The third-order valence-corrected chi connectivity index (χ3v) is 2.93. The number of aromatic nitrogens is 1. The summed E-state index contributed by atoms with van der Waals surface area (Å²) in [4.78, 5) is 16.0. The fraction of sp³-hybridized carbons (Fsp3) is 0. The number of carbonyl (C=O) groups is 1. The van der Waals surface area contributed by atoms with E-state index >= 15 is 0 Å². The van der Waals surface area contributed by atoms with Gasteiger partial charge in [-0.15, -0.1) is 0 Å². The largest absolute Gasteiger partial charge is 0.398 e. The topological polar surface area (TPSA) is 68.0 Å². The lowest BCUT2D eigenvalue weighted by molar-refractivity contribution is 0.102. The highest BCUT2D eigenvalue weighted by Crippen LogP contribution is 2.19. The summed E-state index contributed by atoms with van der Waals surface area (Å²) < 4.78 is 0.836. The van der Waals surface area contributed by atoms with Crippen LogP contribution >= 0.6 is 27.5 Å². The van der Waals surface area contributed by atoms with Crippen LogP contribution in [0.1, 0.15) is 10.4 Å². The third kappa shape index (κ3) is 3.00. The minimum absolute atomic E-state index is 0.326. The first-order chi connectivity index (χ1) is 8.56. The molecular formula is C12H9BrClN3O. The quantitative estimate of drug-likeness (QED) is 0.832. The number of hydrogen-bond donors (Lipinski definition) is 2. The molecule has 0 saturated heterocycles. The molecule has 2 rings (SSSR count). The average molecular weight is 327 g/mol. The molecule has 0 spiro atoms. The van der Waals surface area contributed by atoms with E-state index in [1.807, 2.05) is 0 Å². The molecule has 0 unspecified atom stereocenters. The Balaban J connectivity index is 2.21. The summed E-state index contributed by atoms with van der Waals surface area (Å²) in [6.45, 7) is 0. The van der Waals surface area contributed by atoms with Crippen molar-refractivity contribution in [1.29, 1.82) is 0 Å². The van der Waals surface area contributed by atoms with Gasteiger partial charge in [0.15, 0.2) is 0 Å². The van der Waals surface area contributed by atoms with Crippen LogP contribution in [0.25, 0.3) is 0 Å². The van der Waals surface area contributed by atoms with E-state index < -0.39 is 0 Å². The Morgan fingerprint density at radius 3 is 2.78 bits per heavy atom. The molecule has 1 aromatic carbocycles. The Labute approximate surface area is 117 Å². The van der Waals surface area contributed by atoms with E-state index in [2.05, 4.69) is 26.2 Å². The molecule has 1 amide bonds. The van der Waals surface area contributed by atoms with E-state index in [1.165, 1.54) is 6.07 Å². The molecule has 92 valence electrons. The van der Waals surface area contributed by atoms with Crippen LogP contribution in [0.3, 0.4) is 0 Å². The lowest BCUT2D eigenvalue weighted by Gasteiger charge is -2.07. The van der Waals surface area contributed by atoms with Crippen molar-refractivity contribution in [2.45, 2.75) is 0 Å². The molecule has 2 aromatic rings. The normalized spacial score (nSPS) is 10.1. The number of halogens is 2. The first-order valence-electron chi connectivity index (χ1n) is 5.04. The maximum absolute atomic E-state index is 12.0. The number of anilines is 2. The number of nitrogen functional groups attached to an aromatic ring is 1. The molecule has 0 aliphatic carbocycles. The first-order valence-corrected chi connectivity index (χ1v) is 6.21. The molecule has 0 radical (unpaired) electrons. The van der Waals surface area contributed by atoms with Crippen LogP contribution in [0.2, 0.25) is 5.02 Å². The van der Waals surface area contributed by atoms with Gasteiger partial charge in [-0.2, -0.15) is 0 Å². The second kappa shape index (κ2) is 5.37. The second-order valence-corrected chi connectivity index (χ2v) is 4.90.